The monoisotopic (exact) mass is 659 g/mol. The average Bonchev–Trinajstić information content (AvgIpc) is 3.98. The maximum Gasteiger partial charge on any atom is 0.482 e. The lowest BCUT2D eigenvalue weighted by Crippen LogP contribution is -2.50. The maximum absolute atomic E-state index is 15.0. The van der Waals surface area contributed by atoms with Crippen LogP contribution in [-0.4, -0.2) is 42.4 Å². The second-order valence-electron chi connectivity index (χ2n) is 12.2. The number of pyridine rings is 3. The number of benzene rings is 1. The Kier molecular flexibility index (Phi) is 6.55. The summed E-state index contributed by atoms with van der Waals surface area (Å²) in [7, 11) is 0. The molecule has 0 saturated heterocycles. The molecule has 47 heavy (non-hydrogen) atoms. The third kappa shape index (κ3) is 4.96. The van der Waals surface area contributed by atoms with E-state index >= 15 is 8.78 Å². The number of carbonyl (C=O) groups is 2. The van der Waals surface area contributed by atoms with Crippen molar-refractivity contribution in [2.75, 3.05) is 4.90 Å². The number of primary amides is 1. The molecule has 3 aliphatic rings. The van der Waals surface area contributed by atoms with E-state index in [4.69, 9.17) is 27.1 Å². The Hall–Kier alpha value is -5.04. The number of amides is 2. The van der Waals surface area contributed by atoms with Crippen molar-refractivity contribution in [3.05, 3.63) is 94.7 Å². The Labute approximate surface area is 270 Å². The number of fused-ring (bicyclic) bond motifs is 2. The van der Waals surface area contributed by atoms with E-state index in [0.29, 0.717) is 69.6 Å². The highest BCUT2D eigenvalue weighted by Gasteiger charge is 2.51. The zero-order chi connectivity index (χ0) is 32.7. The lowest BCUT2D eigenvalue weighted by atomic mass is 9.94. The lowest BCUT2D eigenvalue weighted by Gasteiger charge is -2.33. The first-order chi connectivity index (χ1) is 22.5. The SMILES string of the molecule is NC(=O)c1c(CC2CC2)nc2c(ncn2C2(c3ccc(F)cn3)CC2)c1-c1ccc2c(c1)OC(F)(F)C(=O)N2Cc1ccc(Cl)cn1. The summed E-state index contributed by atoms with van der Waals surface area (Å²) in [6.07, 6.45) is 3.82. The topological polar surface area (TPSA) is 129 Å². The molecule has 8 rings (SSSR count). The van der Waals surface area contributed by atoms with Gasteiger partial charge in [0.2, 0.25) is 0 Å². The molecule has 2 aliphatic carbocycles. The molecular weight excluding hydrogens is 635 g/mol. The molecule has 2 amide bonds. The van der Waals surface area contributed by atoms with Crippen molar-refractivity contribution >= 4 is 40.3 Å². The number of carbonyl (C=O) groups excluding carboxylic acids is 2. The van der Waals surface area contributed by atoms with Crippen LogP contribution in [0.3, 0.4) is 0 Å². The minimum atomic E-state index is -4.17. The van der Waals surface area contributed by atoms with Gasteiger partial charge < -0.3 is 15.0 Å². The largest absolute Gasteiger partial charge is 0.482 e. The van der Waals surface area contributed by atoms with Crippen LogP contribution >= 0.6 is 11.6 Å². The fourth-order valence-corrected chi connectivity index (χ4v) is 6.42. The number of anilines is 1. The molecule has 0 unspecified atom stereocenters. The molecule has 0 atom stereocenters. The fourth-order valence-electron chi connectivity index (χ4n) is 6.31. The second kappa shape index (κ2) is 10.5. The van der Waals surface area contributed by atoms with Gasteiger partial charge in [0, 0.05) is 11.8 Å². The second-order valence-corrected chi connectivity index (χ2v) is 12.6. The number of nitrogens with two attached hydrogens (primary N) is 1. The number of aromatic nitrogens is 5. The van der Waals surface area contributed by atoms with E-state index in [1.807, 2.05) is 4.57 Å². The van der Waals surface area contributed by atoms with E-state index in [1.54, 1.807) is 24.5 Å². The van der Waals surface area contributed by atoms with Gasteiger partial charge in [-0.25, -0.2) is 14.4 Å². The summed E-state index contributed by atoms with van der Waals surface area (Å²) in [6, 6.07) is 10.5. The molecule has 1 aliphatic heterocycles. The number of imidazole rings is 1. The summed E-state index contributed by atoms with van der Waals surface area (Å²) < 4.78 is 50.7. The van der Waals surface area contributed by atoms with E-state index in [0.717, 1.165) is 23.9 Å². The highest BCUT2D eigenvalue weighted by Crippen LogP contribution is 2.51. The molecule has 2 saturated carbocycles. The Morgan fingerprint density at radius 2 is 1.87 bits per heavy atom. The number of ether oxygens (including phenoxy) is 1. The van der Waals surface area contributed by atoms with E-state index in [-0.39, 0.29) is 23.5 Å². The third-order valence-electron chi connectivity index (χ3n) is 8.95. The van der Waals surface area contributed by atoms with E-state index in [1.165, 1.54) is 30.5 Å². The molecule has 5 aromatic rings. The van der Waals surface area contributed by atoms with Gasteiger partial charge >= 0.3 is 12.0 Å². The molecule has 0 radical (unpaired) electrons. The highest BCUT2D eigenvalue weighted by atomic mass is 35.5. The number of rotatable bonds is 8. The molecule has 14 heteroatoms. The van der Waals surface area contributed by atoms with Gasteiger partial charge in [-0.2, -0.15) is 8.78 Å². The summed E-state index contributed by atoms with van der Waals surface area (Å²) in [4.78, 5) is 44.9. The number of nitrogens with zero attached hydrogens (tertiary/aromatic N) is 6. The molecule has 0 spiro atoms. The minimum Gasteiger partial charge on any atom is -0.423 e. The first-order valence-electron chi connectivity index (χ1n) is 15.0. The van der Waals surface area contributed by atoms with Crippen LogP contribution in [0.1, 0.15) is 53.1 Å². The van der Waals surface area contributed by atoms with E-state index < -0.39 is 29.3 Å². The number of hydrogen-bond donors (Lipinski definition) is 1. The number of halogens is 4. The fraction of sp³-hybridized carbons (Fsp3) is 0.273. The summed E-state index contributed by atoms with van der Waals surface area (Å²) in [6.45, 7) is -0.261. The molecule has 2 N–H and O–H groups in total. The Morgan fingerprint density at radius 1 is 1.06 bits per heavy atom. The standard InChI is InChI=1S/C33H25ClF3N7O3/c34-19-4-6-21(39-13-19)15-43-23-7-3-18(12-24(23)47-33(36,37)31(43)46)26-27(29(38)45)22(11-17-1-2-17)42-30-28(26)41-16-44(30)32(9-10-32)25-8-5-20(35)14-40-25/h3-8,12-14,16-17H,1-2,9-11,15H2,(H2,38,45). The molecule has 5 heterocycles. The van der Waals surface area contributed by atoms with Crippen LogP contribution < -0.4 is 15.4 Å². The summed E-state index contributed by atoms with van der Waals surface area (Å²) in [5, 5.41) is 0.358. The van der Waals surface area contributed by atoms with E-state index in [2.05, 4.69) is 15.0 Å². The minimum absolute atomic E-state index is 0.0930. The summed E-state index contributed by atoms with van der Waals surface area (Å²) in [5.74, 6) is -2.70. The lowest BCUT2D eigenvalue weighted by molar-refractivity contribution is -0.193. The van der Waals surface area contributed by atoms with E-state index in [9.17, 15) is 14.0 Å². The molecule has 0 bridgehead atoms. The maximum atomic E-state index is 15.0. The molecule has 4 aromatic heterocycles. The van der Waals surface area contributed by atoms with Crippen LogP contribution in [0.5, 0.6) is 5.75 Å². The van der Waals surface area contributed by atoms with Gasteiger partial charge in [-0.1, -0.05) is 17.7 Å². The van der Waals surface area contributed by atoms with Gasteiger partial charge in [-0.05, 0) is 80.0 Å². The number of alkyl halides is 2. The van der Waals surface area contributed by atoms with Gasteiger partial charge in [0.05, 0.1) is 58.0 Å². The van der Waals surface area contributed by atoms with Crippen LogP contribution in [-0.2, 0) is 23.3 Å². The van der Waals surface area contributed by atoms with Crippen molar-refractivity contribution in [3.8, 4) is 16.9 Å². The summed E-state index contributed by atoms with van der Waals surface area (Å²) in [5.41, 5.74) is 8.49. The van der Waals surface area contributed by atoms with Crippen LogP contribution in [0.25, 0.3) is 22.3 Å². The van der Waals surface area contributed by atoms with Crippen molar-refractivity contribution in [3.63, 3.8) is 0 Å². The Balaban J connectivity index is 1.30. The Morgan fingerprint density at radius 3 is 2.53 bits per heavy atom. The van der Waals surface area contributed by atoms with Crippen molar-refractivity contribution < 1.29 is 27.5 Å². The first kappa shape index (κ1) is 29.4. The molecule has 2 fully saturated rings. The van der Waals surface area contributed by atoms with Crippen LogP contribution in [0, 0.1) is 11.7 Å². The van der Waals surface area contributed by atoms with Gasteiger partial charge in [0.1, 0.15) is 11.3 Å². The first-order valence-corrected chi connectivity index (χ1v) is 15.4. The van der Waals surface area contributed by atoms with Crippen LogP contribution in [0.2, 0.25) is 5.02 Å². The zero-order valence-corrected chi connectivity index (χ0v) is 25.3. The Bertz CT molecular complexity index is 2100. The molecule has 1 aromatic carbocycles. The van der Waals surface area contributed by atoms with Crippen LogP contribution in [0.4, 0.5) is 18.9 Å². The van der Waals surface area contributed by atoms with Crippen molar-refractivity contribution in [1.29, 1.82) is 0 Å². The predicted molar refractivity (Wildman–Crippen MR) is 164 cm³/mol. The number of hydrogen-bond acceptors (Lipinski definition) is 7. The van der Waals surface area contributed by atoms with Crippen molar-refractivity contribution in [2.24, 2.45) is 11.7 Å². The van der Waals surface area contributed by atoms with Crippen LogP contribution in [0.15, 0.2) is 61.2 Å². The summed E-state index contributed by atoms with van der Waals surface area (Å²) >= 11 is 5.93. The van der Waals surface area contributed by atoms with Crippen molar-refractivity contribution in [2.45, 2.75) is 50.3 Å². The third-order valence-corrected chi connectivity index (χ3v) is 9.18. The van der Waals surface area contributed by atoms with Gasteiger partial charge in [-0.3, -0.25) is 24.5 Å². The van der Waals surface area contributed by atoms with Gasteiger partial charge in [0.25, 0.3) is 5.91 Å². The predicted octanol–water partition coefficient (Wildman–Crippen LogP) is 5.79. The normalized spacial score (nSPS) is 17.8. The van der Waals surface area contributed by atoms with Gasteiger partial charge in [-0.15, -0.1) is 0 Å². The van der Waals surface area contributed by atoms with Gasteiger partial charge in [0.15, 0.2) is 11.4 Å². The quantitative estimate of drug-likeness (QED) is 0.223. The zero-order valence-electron chi connectivity index (χ0n) is 24.6. The molecular formula is C33H25ClF3N7O3. The molecule has 238 valence electrons. The average molecular weight is 660 g/mol. The van der Waals surface area contributed by atoms with Crippen molar-refractivity contribution in [1.82, 2.24) is 24.5 Å². The highest BCUT2D eigenvalue weighted by molar-refractivity contribution is 6.30. The smallest absolute Gasteiger partial charge is 0.423 e. The molecule has 10 nitrogen and oxygen atoms in total.